The second-order valence-electron chi connectivity index (χ2n) is 3.62. The Labute approximate surface area is 99.9 Å². The Balaban J connectivity index is 2.36. The van der Waals surface area contributed by atoms with Crippen LogP contribution in [0, 0.1) is 0 Å². The van der Waals surface area contributed by atoms with Gasteiger partial charge in [0, 0.05) is 18.2 Å². The zero-order valence-electron chi connectivity index (χ0n) is 9.68. The fourth-order valence-corrected chi connectivity index (χ4v) is 1.28. The first-order valence-corrected chi connectivity index (χ1v) is 5.29. The Kier molecular flexibility index (Phi) is 5.16. The van der Waals surface area contributed by atoms with Gasteiger partial charge in [-0.25, -0.2) is 0 Å². The molecule has 1 atom stereocenters. The predicted octanol–water partition coefficient (Wildman–Crippen LogP) is 0.307. The molecule has 0 saturated carbocycles. The molecule has 0 bridgehead atoms. The van der Waals surface area contributed by atoms with Crippen LogP contribution in [0.5, 0.6) is 0 Å². The molecule has 0 unspecified atom stereocenters. The zero-order valence-corrected chi connectivity index (χ0v) is 9.68. The average molecular weight is 236 g/mol. The van der Waals surface area contributed by atoms with Gasteiger partial charge in [0.1, 0.15) is 0 Å². The highest BCUT2D eigenvalue weighted by molar-refractivity contribution is 5.94. The fourth-order valence-electron chi connectivity index (χ4n) is 1.28. The van der Waals surface area contributed by atoms with E-state index in [1.54, 1.807) is 24.3 Å². The minimum absolute atomic E-state index is 0.0889. The van der Waals surface area contributed by atoms with Gasteiger partial charge >= 0.3 is 5.97 Å². The van der Waals surface area contributed by atoms with E-state index >= 15 is 0 Å². The van der Waals surface area contributed by atoms with Crippen molar-refractivity contribution in [2.45, 2.75) is 12.5 Å². The van der Waals surface area contributed by atoms with Gasteiger partial charge in [0.05, 0.1) is 13.5 Å². The first-order chi connectivity index (χ1) is 8.13. The molecule has 0 aliphatic carbocycles. The van der Waals surface area contributed by atoms with Gasteiger partial charge in [0.2, 0.25) is 0 Å². The lowest BCUT2D eigenvalue weighted by Gasteiger charge is -2.11. The quantitative estimate of drug-likeness (QED) is 0.721. The molecule has 0 aromatic heterocycles. The average Bonchev–Trinajstić information content (AvgIpc) is 2.36. The summed E-state index contributed by atoms with van der Waals surface area (Å²) in [6.45, 7) is 0.239. The maximum atomic E-state index is 11.6. The van der Waals surface area contributed by atoms with E-state index < -0.39 is 6.04 Å². The third kappa shape index (κ3) is 4.65. The summed E-state index contributed by atoms with van der Waals surface area (Å²) in [5.41, 5.74) is 6.23. The maximum absolute atomic E-state index is 11.6. The summed E-state index contributed by atoms with van der Waals surface area (Å²) in [6.07, 6.45) is 0.0889. The highest BCUT2D eigenvalue weighted by atomic mass is 16.5. The van der Waals surface area contributed by atoms with Crippen molar-refractivity contribution in [3.63, 3.8) is 0 Å². The molecule has 0 aliphatic heterocycles. The lowest BCUT2D eigenvalue weighted by Crippen LogP contribution is -2.38. The SMILES string of the molecule is COC(=O)C[C@@H](N)CNC(=O)c1ccccc1. The summed E-state index contributed by atoms with van der Waals surface area (Å²) in [7, 11) is 1.30. The van der Waals surface area contributed by atoms with Gasteiger partial charge in [0.25, 0.3) is 5.91 Å². The van der Waals surface area contributed by atoms with Crippen LogP contribution < -0.4 is 11.1 Å². The van der Waals surface area contributed by atoms with Crippen molar-refractivity contribution < 1.29 is 14.3 Å². The molecule has 0 fully saturated rings. The lowest BCUT2D eigenvalue weighted by atomic mass is 10.2. The molecular weight excluding hydrogens is 220 g/mol. The molecular formula is C12H16N2O3. The van der Waals surface area contributed by atoms with Gasteiger partial charge in [0.15, 0.2) is 0 Å². The van der Waals surface area contributed by atoms with Crippen molar-refractivity contribution in [1.29, 1.82) is 0 Å². The highest BCUT2D eigenvalue weighted by Crippen LogP contribution is 1.98. The molecule has 0 heterocycles. The number of esters is 1. The van der Waals surface area contributed by atoms with Gasteiger partial charge in [-0.1, -0.05) is 18.2 Å². The molecule has 0 radical (unpaired) electrons. The highest BCUT2D eigenvalue weighted by Gasteiger charge is 2.11. The van der Waals surface area contributed by atoms with E-state index in [0.29, 0.717) is 5.56 Å². The number of methoxy groups -OCH3 is 1. The molecule has 1 amide bonds. The van der Waals surface area contributed by atoms with E-state index in [9.17, 15) is 9.59 Å². The van der Waals surface area contributed by atoms with Gasteiger partial charge in [-0.2, -0.15) is 0 Å². The summed E-state index contributed by atoms with van der Waals surface area (Å²) in [5.74, 6) is -0.586. The minimum Gasteiger partial charge on any atom is -0.469 e. The predicted molar refractivity (Wildman–Crippen MR) is 63.4 cm³/mol. The third-order valence-corrected chi connectivity index (χ3v) is 2.22. The number of nitrogens with two attached hydrogens (primary N) is 1. The van der Waals surface area contributed by atoms with Crippen LogP contribution in [0.2, 0.25) is 0 Å². The van der Waals surface area contributed by atoms with E-state index in [0.717, 1.165) is 0 Å². The summed E-state index contributed by atoms with van der Waals surface area (Å²) < 4.78 is 4.48. The Morgan fingerprint density at radius 3 is 2.59 bits per heavy atom. The Bertz CT molecular complexity index is 379. The molecule has 1 rings (SSSR count). The fraction of sp³-hybridized carbons (Fsp3) is 0.333. The molecule has 5 nitrogen and oxygen atoms in total. The van der Waals surface area contributed by atoms with Crippen LogP contribution in [-0.4, -0.2) is 31.6 Å². The number of amides is 1. The Morgan fingerprint density at radius 2 is 2.00 bits per heavy atom. The van der Waals surface area contributed by atoms with Crippen LogP contribution >= 0.6 is 0 Å². The maximum Gasteiger partial charge on any atom is 0.307 e. The van der Waals surface area contributed by atoms with Gasteiger partial charge in [-0.15, -0.1) is 0 Å². The van der Waals surface area contributed by atoms with E-state index in [4.69, 9.17) is 5.73 Å². The van der Waals surface area contributed by atoms with Crippen molar-refractivity contribution in [2.75, 3.05) is 13.7 Å². The van der Waals surface area contributed by atoms with Crippen molar-refractivity contribution in [1.82, 2.24) is 5.32 Å². The standard InChI is InChI=1S/C12H16N2O3/c1-17-11(15)7-10(13)8-14-12(16)9-5-3-2-4-6-9/h2-6,10H,7-8,13H2,1H3,(H,14,16)/t10-/m1/s1. The summed E-state index contributed by atoms with van der Waals surface area (Å²) in [5, 5.41) is 2.66. The van der Waals surface area contributed by atoms with E-state index in [2.05, 4.69) is 10.1 Å². The second kappa shape index (κ2) is 6.65. The molecule has 0 spiro atoms. The molecule has 17 heavy (non-hydrogen) atoms. The number of rotatable bonds is 5. The van der Waals surface area contributed by atoms with Crippen molar-refractivity contribution in [3.05, 3.63) is 35.9 Å². The van der Waals surface area contributed by atoms with Crippen LogP contribution in [-0.2, 0) is 9.53 Å². The number of hydrogen-bond donors (Lipinski definition) is 2. The number of carbonyl (C=O) groups excluding carboxylic acids is 2. The Morgan fingerprint density at radius 1 is 1.35 bits per heavy atom. The topological polar surface area (TPSA) is 81.4 Å². The van der Waals surface area contributed by atoms with Gasteiger partial charge < -0.3 is 15.8 Å². The smallest absolute Gasteiger partial charge is 0.307 e. The van der Waals surface area contributed by atoms with Crippen LogP contribution in [0.25, 0.3) is 0 Å². The molecule has 0 aliphatic rings. The van der Waals surface area contributed by atoms with Crippen LogP contribution in [0.4, 0.5) is 0 Å². The molecule has 0 saturated heterocycles. The summed E-state index contributed by atoms with van der Waals surface area (Å²) >= 11 is 0. The normalized spacial score (nSPS) is 11.6. The molecule has 1 aromatic rings. The van der Waals surface area contributed by atoms with Gasteiger partial charge in [-0.3, -0.25) is 9.59 Å². The number of hydrogen-bond acceptors (Lipinski definition) is 4. The largest absolute Gasteiger partial charge is 0.469 e. The number of nitrogens with one attached hydrogen (secondary N) is 1. The van der Waals surface area contributed by atoms with E-state index in [-0.39, 0.29) is 24.8 Å². The summed E-state index contributed by atoms with van der Waals surface area (Å²) in [4.78, 5) is 22.5. The van der Waals surface area contributed by atoms with Crippen molar-refractivity contribution in [3.8, 4) is 0 Å². The van der Waals surface area contributed by atoms with Crippen molar-refractivity contribution >= 4 is 11.9 Å². The molecule has 5 heteroatoms. The van der Waals surface area contributed by atoms with Gasteiger partial charge in [-0.05, 0) is 12.1 Å². The molecule has 1 aromatic carbocycles. The first kappa shape index (κ1) is 13.2. The van der Waals surface area contributed by atoms with Crippen LogP contribution in [0.15, 0.2) is 30.3 Å². The third-order valence-electron chi connectivity index (χ3n) is 2.22. The second-order valence-corrected chi connectivity index (χ2v) is 3.62. The number of carbonyl (C=O) groups is 2. The van der Waals surface area contributed by atoms with E-state index in [1.807, 2.05) is 6.07 Å². The molecule has 92 valence electrons. The monoisotopic (exact) mass is 236 g/mol. The lowest BCUT2D eigenvalue weighted by molar-refractivity contribution is -0.140. The van der Waals surface area contributed by atoms with E-state index in [1.165, 1.54) is 7.11 Å². The van der Waals surface area contributed by atoms with Crippen LogP contribution in [0.1, 0.15) is 16.8 Å². The molecule has 3 N–H and O–H groups in total. The van der Waals surface area contributed by atoms with Crippen molar-refractivity contribution in [2.24, 2.45) is 5.73 Å². The number of benzene rings is 1. The minimum atomic E-state index is -0.435. The summed E-state index contributed by atoms with van der Waals surface area (Å²) in [6, 6.07) is 8.38. The number of ether oxygens (including phenoxy) is 1. The first-order valence-electron chi connectivity index (χ1n) is 5.29. The van der Waals surface area contributed by atoms with Crippen LogP contribution in [0.3, 0.4) is 0 Å². The zero-order chi connectivity index (χ0) is 12.7. The Hall–Kier alpha value is -1.88.